The summed E-state index contributed by atoms with van der Waals surface area (Å²) in [7, 11) is 0. The molecule has 0 radical (unpaired) electrons. The van der Waals surface area contributed by atoms with Crippen LogP contribution in [0.4, 0.5) is 5.82 Å². The van der Waals surface area contributed by atoms with Crippen LogP contribution in [0.25, 0.3) is 0 Å². The fraction of sp³-hybridized carbons (Fsp3) is 0.643. The number of rotatable bonds is 3. The number of halogens is 1. The minimum atomic E-state index is 0.155. The zero-order valence-corrected chi connectivity index (χ0v) is 12.2. The molecule has 0 aliphatic carbocycles. The molecular formula is C14H22ClN3. The van der Waals surface area contributed by atoms with Crippen molar-refractivity contribution in [3.05, 3.63) is 23.4 Å². The summed E-state index contributed by atoms with van der Waals surface area (Å²) < 4.78 is 0. The Morgan fingerprint density at radius 1 is 1.50 bits per heavy atom. The van der Waals surface area contributed by atoms with Crippen molar-refractivity contribution in [1.82, 2.24) is 10.3 Å². The summed E-state index contributed by atoms with van der Waals surface area (Å²) in [5, 5.41) is 4.32. The van der Waals surface area contributed by atoms with Gasteiger partial charge in [-0.15, -0.1) is 0 Å². The first-order valence-electron chi connectivity index (χ1n) is 6.59. The normalized spacial score (nSPS) is 20.4. The van der Waals surface area contributed by atoms with E-state index in [4.69, 9.17) is 11.6 Å². The van der Waals surface area contributed by atoms with Crippen molar-refractivity contribution in [3.8, 4) is 0 Å². The lowest BCUT2D eigenvalue weighted by Gasteiger charge is -2.30. The second kappa shape index (κ2) is 5.45. The summed E-state index contributed by atoms with van der Waals surface area (Å²) in [5.41, 5.74) is 0.155. The maximum absolute atomic E-state index is 6.24. The first-order chi connectivity index (χ1) is 8.47. The molecule has 0 bridgehead atoms. The van der Waals surface area contributed by atoms with Crippen LogP contribution in [0.5, 0.6) is 0 Å². The van der Waals surface area contributed by atoms with Crippen LogP contribution in [0.3, 0.4) is 0 Å². The molecule has 1 unspecified atom stereocenters. The van der Waals surface area contributed by atoms with E-state index >= 15 is 0 Å². The number of hydrogen-bond donors (Lipinski definition) is 1. The van der Waals surface area contributed by atoms with Crippen LogP contribution in [-0.4, -0.2) is 29.7 Å². The van der Waals surface area contributed by atoms with Crippen molar-refractivity contribution in [2.75, 3.05) is 18.0 Å². The lowest BCUT2D eigenvalue weighted by atomic mass is 10.1. The predicted molar refractivity (Wildman–Crippen MR) is 77.4 cm³/mol. The summed E-state index contributed by atoms with van der Waals surface area (Å²) in [5.74, 6) is 0.928. The molecule has 0 saturated carbocycles. The Bertz CT molecular complexity index is 400. The number of nitrogens with one attached hydrogen (secondary N) is 1. The van der Waals surface area contributed by atoms with E-state index in [1.54, 1.807) is 0 Å². The maximum atomic E-state index is 6.24. The van der Waals surface area contributed by atoms with Crippen molar-refractivity contribution < 1.29 is 0 Å². The van der Waals surface area contributed by atoms with Gasteiger partial charge >= 0.3 is 0 Å². The van der Waals surface area contributed by atoms with E-state index in [9.17, 15) is 0 Å². The van der Waals surface area contributed by atoms with Gasteiger partial charge in [-0.25, -0.2) is 4.98 Å². The van der Waals surface area contributed by atoms with Crippen LogP contribution >= 0.6 is 11.6 Å². The monoisotopic (exact) mass is 267 g/mol. The van der Waals surface area contributed by atoms with Gasteiger partial charge < -0.3 is 10.2 Å². The quantitative estimate of drug-likeness (QED) is 0.912. The summed E-state index contributed by atoms with van der Waals surface area (Å²) in [6.07, 6.45) is 4.23. The highest BCUT2D eigenvalue weighted by Crippen LogP contribution is 2.29. The van der Waals surface area contributed by atoms with E-state index in [2.05, 4.69) is 36.0 Å². The average Bonchev–Trinajstić information content (AvgIpc) is 2.74. The van der Waals surface area contributed by atoms with E-state index in [0.29, 0.717) is 6.04 Å². The minimum absolute atomic E-state index is 0.155. The summed E-state index contributed by atoms with van der Waals surface area (Å²) in [6, 6.07) is 4.29. The molecule has 2 rings (SSSR count). The van der Waals surface area contributed by atoms with Crippen molar-refractivity contribution in [1.29, 1.82) is 0 Å². The third kappa shape index (κ3) is 3.36. The lowest BCUT2D eigenvalue weighted by molar-refractivity contribution is 0.404. The highest BCUT2D eigenvalue weighted by molar-refractivity contribution is 6.32. The van der Waals surface area contributed by atoms with Crippen LogP contribution in [0.15, 0.2) is 18.3 Å². The molecule has 1 aliphatic heterocycles. The largest absolute Gasteiger partial charge is 0.351 e. The fourth-order valence-electron chi connectivity index (χ4n) is 2.34. The van der Waals surface area contributed by atoms with Crippen molar-refractivity contribution in [2.45, 2.75) is 45.2 Å². The van der Waals surface area contributed by atoms with Gasteiger partial charge in [0.1, 0.15) is 5.82 Å². The third-order valence-electron chi connectivity index (χ3n) is 3.26. The molecule has 1 fully saturated rings. The molecule has 1 atom stereocenters. The molecule has 0 aromatic carbocycles. The molecule has 18 heavy (non-hydrogen) atoms. The van der Waals surface area contributed by atoms with Gasteiger partial charge in [-0.1, -0.05) is 11.6 Å². The predicted octanol–water partition coefficient (Wildman–Crippen LogP) is 3.09. The summed E-state index contributed by atoms with van der Waals surface area (Å²) >= 11 is 6.24. The molecule has 3 nitrogen and oxygen atoms in total. The van der Waals surface area contributed by atoms with E-state index < -0.39 is 0 Å². The Hall–Kier alpha value is -0.800. The zero-order chi connectivity index (χ0) is 13.2. The number of aromatic nitrogens is 1. The van der Waals surface area contributed by atoms with Gasteiger partial charge in [-0.3, -0.25) is 0 Å². The lowest BCUT2D eigenvalue weighted by Crippen LogP contribution is -2.45. The molecule has 1 N–H and O–H groups in total. The fourth-order valence-corrected chi connectivity index (χ4v) is 2.57. The van der Waals surface area contributed by atoms with E-state index in [1.165, 1.54) is 12.8 Å². The van der Waals surface area contributed by atoms with Crippen LogP contribution in [-0.2, 0) is 0 Å². The van der Waals surface area contributed by atoms with Crippen molar-refractivity contribution >= 4 is 17.4 Å². The molecule has 2 heterocycles. The van der Waals surface area contributed by atoms with Crippen LogP contribution in [0.2, 0.25) is 5.02 Å². The molecule has 4 heteroatoms. The number of pyridine rings is 1. The zero-order valence-electron chi connectivity index (χ0n) is 11.4. The van der Waals surface area contributed by atoms with Crippen molar-refractivity contribution in [2.24, 2.45) is 0 Å². The number of anilines is 1. The van der Waals surface area contributed by atoms with E-state index in [1.807, 2.05) is 18.3 Å². The Morgan fingerprint density at radius 3 is 2.94 bits per heavy atom. The first kappa shape index (κ1) is 13.6. The van der Waals surface area contributed by atoms with E-state index in [-0.39, 0.29) is 5.54 Å². The molecule has 1 saturated heterocycles. The highest BCUT2D eigenvalue weighted by Gasteiger charge is 2.27. The van der Waals surface area contributed by atoms with Gasteiger partial charge in [-0.05, 0) is 45.7 Å². The summed E-state index contributed by atoms with van der Waals surface area (Å²) in [6.45, 7) is 8.61. The second-order valence-corrected chi connectivity index (χ2v) is 6.34. The minimum Gasteiger partial charge on any atom is -0.351 e. The van der Waals surface area contributed by atoms with Gasteiger partial charge in [0.15, 0.2) is 0 Å². The molecule has 1 aromatic rings. The van der Waals surface area contributed by atoms with Crippen LogP contribution < -0.4 is 10.2 Å². The molecule has 100 valence electrons. The Kier molecular flexibility index (Phi) is 4.13. The van der Waals surface area contributed by atoms with Gasteiger partial charge in [0.05, 0.1) is 5.02 Å². The third-order valence-corrected chi connectivity index (χ3v) is 3.55. The Labute approximate surface area is 115 Å². The molecule has 0 amide bonds. The van der Waals surface area contributed by atoms with E-state index in [0.717, 1.165) is 23.9 Å². The molecular weight excluding hydrogens is 246 g/mol. The summed E-state index contributed by atoms with van der Waals surface area (Å²) in [4.78, 5) is 6.76. The molecule has 0 spiro atoms. The smallest absolute Gasteiger partial charge is 0.147 e. The van der Waals surface area contributed by atoms with Gasteiger partial charge in [0.25, 0.3) is 0 Å². The number of hydrogen-bond acceptors (Lipinski definition) is 3. The number of nitrogens with zero attached hydrogens (tertiary/aromatic N) is 2. The standard InChI is InChI=1S/C14H22ClN3/c1-14(2,3)17-10-11-6-5-9-18(11)13-12(15)7-4-8-16-13/h4,7-8,11,17H,5-6,9-10H2,1-3H3. The first-order valence-corrected chi connectivity index (χ1v) is 6.97. The van der Waals surface area contributed by atoms with Crippen LogP contribution in [0.1, 0.15) is 33.6 Å². The topological polar surface area (TPSA) is 28.2 Å². The maximum Gasteiger partial charge on any atom is 0.147 e. The Balaban J connectivity index is 2.06. The van der Waals surface area contributed by atoms with Gasteiger partial charge in [0, 0.05) is 30.9 Å². The van der Waals surface area contributed by atoms with Gasteiger partial charge in [-0.2, -0.15) is 0 Å². The molecule has 1 aliphatic rings. The second-order valence-electron chi connectivity index (χ2n) is 5.93. The average molecular weight is 268 g/mol. The van der Waals surface area contributed by atoms with Crippen LogP contribution in [0, 0.1) is 0 Å². The highest BCUT2D eigenvalue weighted by atomic mass is 35.5. The molecule has 1 aromatic heterocycles. The SMILES string of the molecule is CC(C)(C)NCC1CCCN1c1ncccc1Cl. The Morgan fingerprint density at radius 2 is 2.28 bits per heavy atom. The van der Waals surface area contributed by atoms with Crippen molar-refractivity contribution in [3.63, 3.8) is 0 Å². The van der Waals surface area contributed by atoms with Gasteiger partial charge in [0.2, 0.25) is 0 Å².